The van der Waals surface area contributed by atoms with E-state index in [1.54, 1.807) is 0 Å². The second kappa shape index (κ2) is 9.57. The summed E-state index contributed by atoms with van der Waals surface area (Å²) in [5, 5.41) is 14.3. The third-order valence-corrected chi connectivity index (χ3v) is 10.2. The second-order valence-corrected chi connectivity index (χ2v) is 12.8. The molecule has 222 valence electrons. The molecular formula is C46H26O2. The monoisotopic (exact) mass is 610 g/mol. The summed E-state index contributed by atoms with van der Waals surface area (Å²) in [4.78, 5) is 0. The van der Waals surface area contributed by atoms with Crippen LogP contribution >= 0.6 is 0 Å². The lowest BCUT2D eigenvalue weighted by molar-refractivity contribution is 0.656. The van der Waals surface area contributed by atoms with E-state index in [2.05, 4.69) is 158 Å². The molecule has 48 heavy (non-hydrogen) atoms. The van der Waals surface area contributed by atoms with E-state index in [0.717, 1.165) is 49.4 Å². The zero-order valence-corrected chi connectivity index (χ0v) is 25.8. The number of hydrogen-bond acceptors (Lipinski definition) is 2. The highest BCUT2D eigenvalue weighted by atomic mass is 16.3. The first-order valence-electron chi connectivity index (χ1n) is 16.4. The molecule has 11 rings (SSSR count). The average Bonchev–Trinajstić information content (AvgIpc) is 3.69. The van der Waals surface area contributed by atoms with Gasteiger partial charge in [0.05, 0.1) is 0 Å². The normalized spacial score (nSPS) is 12.2. The van der Waals surface area contributed by atoms with E-state index in [-0.39, 0.29) is 0 Å². The maximum Gasteiger partial charge on any atom is 0.139 e. The predicted octanol–water partition coefficient (Wildman–Crippen LogP) is 13.4. The fourth-order valence-electron chi connectivity index (χ4n) is 8.07. The van der Waals surface area contributed by atoms with Gasteiger partial charge in [-0.2, -0.15) is 0 Å². The van der Waals surface area contributed by atoms with E-state index < -0.39 is 0 Å². The van der Waals surface area contributed by atoms with Crippen molar-refractivity contribution >= 4 is 87.0 Å². The van der Waals surface area contributed by atoms with E-state index in [1.807, 2.05) is 0 Å². The van der Waals surface area contributed by atoms with Crippen LogP contribution in [0.1, 0.15) is 0 Å². The van der Waals surface area contributed by atoms with Crippen molar-refractivity contribution in [1.82, 2.24) is 0 Å². The highest BCUT2D eigenvalue weighted by Gasteiger charge is 2.19. The fourth-order valence-corrected chi connectivity index (χ4v) is 8.07. The molecule has 0 N–H and O–H groups in total. The van der Waals surface area contributed by atoms with Crippen molar-refractivity contribution in [3.63, 3.8) is 0 Å². The van der Waals surface area contributed by atoms with Crippen LogP contribution in [0.25, 0.3) is 109 Å². The minimum atomic E-state index is 0.833. The van der Waals surface area contributed by atoms with Crippen molar-refractivity contribution in [2.75, 3.05) is 0 Å². The van der Waals surface area contributed by atoms with Crippen molar-refractivity contribution in [2.45, 2.75) is 0 Å². The quantitative estimate of drug-likeness (QED) is 0.182. The Balaban J connectivity index is 1.16. The molecule has 0 aliphatic heterocycles. The molecule has 0 aliphatic carbocycles. The van der Waals surface area contributed by atoms with Crippen molar-refractivity contribution in [3.05, 3.63) is 158 Å². The van der Waals surface area contributed by atoms with Crippen LogP contribution in [0.15, 0.2) is 167 Å². The summed E-state index contributed by atoms with van der Waals surface area (Å²) in [5.41, 5.74) is 8.30. The SMILES string of the molecule is c1ccc2cc(-c3c4ccccc4c(-c4ccc5c(c4)oc4cc6oc7ccc8ccccc8c7c6cc45)c4ccccc34)ccc2c1. The van der Waals surface area contributed by atoms with Crippen LogP contribution in [0.2, 0.25) is 0 Å². The van der Waals surface area contributed by atoms with Crippen molar-refractivity contribution in [3.8, 4) is 22.3 Å². The van der Waals surface area contributed by atoms with Gasteiger partial charge in [0.15, 0.2) is 0 Å². The number of rotatable bonds is 2. The maximum atomic E-state index is 6.60. The largest absolute Gasteiger partial charge is 0.456 e. The van der Waals surface area contributed by atoms with Gasteiger partial charge in [-0.1, -0.05) is 121 Å². The van der Waals surface area contributed by atoms with Gasteiger partial charge in [-0.05, 0) is 95.7 Å². The van der Waals surface area contributed by atoms with Crippen LogP contribution in [0.5, 0.6) is 0 Å². The number of furan rings is 2. The first kappa shape index (κ1) is 25.8. The zero-order chi connectivity index (χ0) is 31.3. The summed E-state index contributed by atoms with van der Waals surface area (Å²) < 4.78 is 13.0. The van der Waals surface area contributed by atoms with E-state index in [4.69, 9.17) is 8.83 Å². The predicted molar refractivity (Wildman–Crippen MR) is 202 cm³/mol. The van der Waals surface area contributed by atoms with E-state index in [9.17, 15) is 0 Å². The molecule has 0 saturated heterocycles. The van der Waals surface area contributed by atoms with Crippen molar-refractivity contribution in [1.29, 1.82) is 0 Å². The minimum Gasteiger partial charge on any atom is -0.456 e. The molecule has 0 radical (unpaired) electrons. The van der Waals surface area contributed by atoms with Gasteiger partial charge in [0.2, 0.25) is 0 Å². The molecule has 0 atom stereocenters. The van der Waals surface area contributed by atoms with E-state index >= 15 is 0 Å². The Morgan fingerprint density at radius 1 is 0.271 bits per heavy atom. The van der Waals surface area contributed by atoms with Gasteiger partial charge >= 0.3 is 0 Å². The molecular weight excluding hydrogens is 585 g/mol. The lowest BCUT2D eigenvalue weighted by Gasteiger charge is -2.18. The first-order valence-corrected chi connectivity index (χ1v) is 16.4. The lowest BCUT2D eigenvalue weighted by Crippen LogP contribution is -1.91. The Morgan fingerprint density at radius 2 is 0.792 bits per heavy atom. The molecule has 2 nitrogen and oxygen atoms in total. The molecule has 2 heterocycles. The van der Waals surface area contributed by atoms with Gasteiger partial charge in [0.25, 0.3) is 0 Å². The minimum absolute atomic E-state index is 0.833. The van der Waals surface area contributed by atoms with Gasteiger partial charge in [-0.15, -0.1) is 0 Å². The van der Waals surface area contributed by atoms with Crippen LogP contribution in [-0.2, 0) is 0 Å². The van der Waals surface area contributed by atoms with E-state index in [0.29, 0.717) is 0 Å². The standard InChI is InChI=1S/C46H26O2/c1-2-11-29-23-30(18-17-27(29)9-1)44-34-13-5-7-15-36(34)45(37-16-8-6-14-35(37)44)31-19-21-33-38-25-39-43(26-42(38)48-41(33)24-31)47-40-22-20-28-10-3-4-12-32(28)46(39)40/h1-26H. The summed E-state index contributed by atoms with van der Waals surface area (Å²) in [5.74, 6) is 0. The Kier molecular flexibility index (Phi) is 5.14. The summed E-state index contributed by atoms with van der Waals surface area (Å²) in [7, 11) is 0. The summed E-state index contributed by atoms with van der Waals surface area (Å²) in [6.07, 6.45) is 0. The molecule has 2 heteroatoms. The summed E-state index contributed by atoms with van der Waals surface area (Å²) in [6, 6.07) is 56.8. The summed E-state index contributed by atoms with van der Waals surface area (Å²) >= 11 is 0. The molecule has 0 saturated carbocycles. The van der Waals surface area contributed by atoms with Gasteiger partial charge in [0, 0.05) is 27.6 Å². The Labute approximate surface area is 275 Å². The average molecular weight is 611 g/mol. The summed E-state index contributed by atoms with van der Waals surface area (Å²) in [6.45, 7) is 0. The van der Waals surface area contributed by atoms with Crippen LogP contribution < -0.4 is 0 Å². The Hall–Kier alpha value is -6.38. The number of hydrogen-bond donors (Lipinski definition) is 0. The number of benzene rings is 9. The third kappa shape index (κ3) is 3.57. The molecule has 0 unspecified atom stereocenters. The molecule has 0 spiro atoms. The van der Waals surface area contributed by atoms with Gasteiger partial charge in [-0.25, -0.2) is 0 Å². The van der Waals surface area contributed by atoms with Crippen molar-refractivity contribution < 1.29 is 8.83 Å². The molecule has 11 aromatic rings. The van der Waals surface area contributed by atoms with Crippen molar-refractivity contribution in [2.24, 2.45) is 0 Å². The van der Waals surface area contributed by atoms with Crippen LogP contribution in [0.3, 0.4) is 0 Å². The van der Waals surface area contributed by atoms with Crippen LogP contribution in [-0.4, -0.2) is 0 Å². The lowest BCUT2D eigenvalue weighted by atomic mass is 9.85. The Bertz CT molecular complexity index is 3060. The first-order chi connectivity index (χ1) is 23.8. The highest BCUT2D eigenvalue weighted by Crippen LogP contribution is 2.46. The highest BCUT2D eigenvalue weighted by molar-refractivity contribution is 6.24. The smallest absolute Gasteiger partial charge is 0.139 e. The molecule has 0 fully saturated rings. The second-order valence-electron chi connectivity index (χ2n) is 12.8. The molecule has 0 amide bonds. The molecule has 0 aliphatic rings. The van der Waals surface area contributed by atoms with Crippen LogP contribution in [0.4, 0.5) is 0 Å². The van der Waals surface area contributed by atoms with E-state index in [1.165, 1.54) is 59.8 Å². The number of fused-ring (bicyclic) bond motifs is 11. The van der Waals surface area contributed by atoms with Crippen LogP contribution in [0, 0.1) is 0 Å². The third-order valence-electron chi connectivity index (χ3n) is 10.2. The molecule has 0 bridgehead atoms. The maximum absolute atomic E-state index is 6.60. The zero-order valence-electron chi connectivity index (χ0n) is 25.8. The van der Waals surface area contributed by atoms with Gasteiger partial charge in [-0.3, -0.25) is 0 Å². The molecule has 9 aromatic carbocycles. The van der Waals surface area contributed by atoms with Gasteiger partial charge in [0.1, 0.15) is 22.3 Å². The fraction of sp³-hybridized carbons (Fsp3) is 0. The Morgan fingerprint density at radius 3 is 1.52 bits per heavy atom. The molecule has 2 aromatic heterocycles. The topological polar surface area (TPSA) is 26.3 Å². The van der Waals surface area contributed by atoms with Gasteiger partial charge < -0.3 is 8.83 Å².